The number of benzene rings is 2. The molecule has 2 aromatic rings. The van der Waals surface area contributed by atoms with Crippen molar-refractivity contribution in [2.24, 2.45) is 5.73 Å². The van der Waals surface area contributed by atoms with Crippen molar-refractivity contribution in [3.8, 4) is 5.75 Å². The molecule has 132 valence electrons. The number of nitrogens with zero attached hydrogens (tertiary/aromatic N) is 1. The molecular formula is C17H23ClN2O3S. The van der Waals surface area contributed by atoms with E-state index >= 15 is 0 Å². The van der Waals surface area contributed by atoms with Gasteiger partial charge < -0.3 is 10.5 Å². The van der Waals surface area contributed by atoms with Gasteiger partial charge in [0.05, 0.1) is 11.5 Å². The molecule has 0 radical (unpaired) electrons. The zero-order valence-electron chi connectivity index (χ0n) is 13.6. The van der Waals surface area contributed by atoms with Crippen LogP contribution in [0.4, 0.5) is 0 Å². The largest absolute Gasteiger partial charge is 0.494 e. The van der Waals surface area contributed by atoms with Crippen LogP contribution in [0, 0.1) is 0 Å². The van der Waals surface area contributed by atoms with Crippen LogP contribution in [-0.2, 0) is 16.6 Å². The molecule has 0 heterocycles. The zero-order valence-corrected chi connectivity index (χ0v) is 15.2. The van der Waals surface area contributed by atoms with Gasteiger partial charge in [-0.2, -0.15) is 4.31 Å². The average molecular weight is 371 g/mol. The maximum Gasteiger partial charge on any atom is 0.243 e. The van der Waals surface area contributed by atoms with E-state index in [2.05, 4.69) is 0 Å². The van der Waals surface area contributed by atoms with Crippen molar-refractivity contribution in [1.82, 2.24) is 4.31 Å². The standard InChI is InChI=1S/C17H22N2O3S.ClH/c1-2-22-16-9-6-10-17(13-16)23(20,21)19(12-11-18)14-15-7-4-3-5-8-15;/h3-10,13H,2,11-12,14,18H2,1H3;1H. The van der Waals surface area contributed by atoms with Gasteiger partial charge in [-0.1, -0.05) is 36.4 Å². The average Bonchev–Trinajstić information content (AvgIpc) is 2.56. The second-order valence-electron chi connectivity index (χ2n) is 5.02. The van der Waals surface area contributed by atoms with E-state index in [9.17, 15) is 8.42 Å². The van der Waals surface area contributed by atoms with E-state index in [1.165, 1.54) is 4.31 Å². The molecule has 0 bridgehead atoms. The van der Waals surface area contributed by atoms with E-state index in [0.717, 1.165) is 5.56 Å². The molecule has 5 nitrogen and oxygen atoms in total. The highest BCUT2D eigenvalue weighted by molar-refractivity contribution is 7.89. The molecule has 2 rings (SSSR count). The first-order valence-corrected chi connectivity index (χ1v) is 8.99. The van der Waals surface area contributed by atoms with E-state index in [1.807, 2.05) is 37.3 Å². The molecule has 0 aromatic heterocycles. The first-order valence-electron chi connectivity index (χ1n) is 7.55. The Bertz CT molecular complexity index is 724. The first-order chi connectivity index (χ1) is 11.1. The minimum Gasteiger partial charge on any atom is -0.494 e. The summed E-state index contributed by atoms with van der Waals surface area (Å²) in [7, 11) is -3.63. The SMILES string of the molecule is CCOc1cccc(S(=O)(=O)N(CCN)Cc2ccccc2)c1.Cl. The molecule has 0 unspecified atom stereocenters. The summed E-state index contributed by atoms with van der Waals surface area (Å²) in [5.41, 5.74) is 6.53. The molecule has 0 aliphatic carbocycles. The third kappa shape index (κ3) is 5.21. The van der Waals surface area contributed by atoms with Crippen LogP contribution in [0.15, 0.2) is 59.5 Å². The molecule has 0 amide bonds. The molecule has 0 aliphatic heterocycles. The Morgan fingerprint density at radius 3 is 2.42 bits per heavy atom. The number of halogens is 1. The van der Waals surface area contributed by atoms with Crippen molar-refractivity contribution in [2.75, 3.05) is 19.7 Å². The van der Waals surface area contributed by atoms with Crippen LogP contribution in [0.1, 0.15) is 12.5 Å². The van der Waals surface area contributed by atoms with E-state index < -0.39 is 10.0 Å². The maximum absolute atomic E-state index is 12.9. The molecule has 24 heavy (non-hydrogen) atoms. The second kappa shape index (κ2) is 9.64. The van der Waals surface area contributed by atoms with Crippen molar-refractivity contribution < 1.29 is 13.2 Å². The predicted molar refractivity (Wildman–Crippen MR) is 98.0 cm³/mol. The summed E-state index contributed by atoms with van der Waals surface area (Å²) < 4.78 is 32.6. The van der Waals surface area contributed by atoms with Crippen LogP contribution in [-0.4, -0.2) is 32.4 Å². The van der Waals surface area contributed by atoms with Gasteiger partial charge >= 0.3 is 0 Å². The van der Waals surface area contributed by atoms with Crippen molar-refractivity contribution in [3.05, 3.63) is 60.2 Å². The number of hydrogen-bond donors (Lipinski definition) is 1. The molecule has 0 spiro atoms. The lowest BCUT2D eigenvalue weighted by molar-refractivity contribution is 0.339. The van der Waals surface area contributed by atoms with Gasteiger partial charge in [0.2, 0.25) is 10.0 Å². The second-order valence-corrected chi connectivity index (χ2v) is 6.96. The van der Waals surface area contributed by atoms with E-state index in [1.54, 1.807) is 24.3 Å². The molecular weight excluding hydrogens is 348 g/mol. The van der Waals surface area contributed by atoms with E-state index in [4.69, 9.17) is 10.5 Å². The highest BCUT2D eigenvalue weighted by atomic mass is 35.5. The fourth-order valence-corrected chi connectivity index (χ4v) is 3.73. The van der Waals surface area contributed by atoms with Crippen LogP contribution >= 0.6 is 12.4 Å². The Morgan fingerprint density at radius 1 is 1.08 bits per heavy atom. The number of rotatable bonds is 8. The Labute approximate surface area is 149 Å². The van der Waals surface area contributed by atoms with Gasteiger partial charge in [0.25, 0.3) is 0 Å². The van der Waals surface area contributed by atoms with Crippen LogP contribution in [0.25, 0.3) is 0 Å². The summed E-state index contributed by atoms with van der Waals surface area (Å²) in [5, 5.41) is 0. The molecule has 2 N–H and O–H groups in total. The Balaban J connectivity index is 0.00000288. The summed E-state index contributed by atoms with van der Waals surface area (Å²) in [4.78, 5) is 0.216. The lowest BCUT2D eigenvalue weighted by atomic mass is 10.2. The number of hydrogen-bond acceptors (Lipinski definition) is 4. The Kier molecular flexibility index (Phi) is 8.21. The fraction of sp³-hybridized carbons (Fsp3) is 0.294. The van der Waals surface area contributed by atoms with Crippen molar-refractivity contribution in [3.63, 3.8) is 0 Å². The third-order valence-electron chi connectivity index (χ3n) is 3.33. The van der Waals surface area contributed by atoms with Crippen LogP contribution in [0.2, 0.25) is 0 Å². The van der Waals surface area contributed by atoms with Gasteiger partial charge in [0, 0.05) is 25.7 Å². The lowest BCUT2D eigenvalue weighted by Crippen LogP contribution is -2.34. The summed E-state index contributed by atoms with van der Waals surface area (Å²) >= 11 is 0. The number of sulfonamides is 1. The molecule has 0 fully saturated rings. The normalized spacial score (nSPS) is 11.1. The highest BCUT2D eigenvalue weighted by Crippen LogP contribution is 2.22. The smallest absolute Gasteiger partial charge is 0.243 e. The van der Waals surface area contributed by atoms with Gasteiger partial charge in [-0.25, -0.2) is 8.42 Å². The lowest BCUT2D eigenvalue weighted by Gasteiger charge is -2.22. The quantitative estimate of drug-likeness (QED) is 0.775. The van der Waals surface area contributed by atoms with Crippen LogP contribution in [0.5, 0.6) is 5.75 Å². The van der Waals surface area contributed by atoms with E-state index in [0.29, 0.717) is 18.9 Å². The van der Waals surface area contributed by atoms with E-state index in [-0.39, 0.29) is 30.4 Å². The summed E-state index contributed by atoms with van der Waals surface area (Å²) in [6.45, 7) is 3.16. The Hall–Kier alpha value is -1.60. The van der Waals surface area contributed by atoms with Crippen LogP contribution < -0.4 is 10.5 Å². The molecule has 0 atom stereocenters. The zero-order chi connectivity index (χ0) is 16.7. The maximum atomic E-state index is 12.9. The Morgan fingerprint density at radius 2 is 1.79 bits per heavy atom. The van der Waals surface area contributed by atoms with Crippen LogP contribution in [0.3, 0.4) is 0 Å². The summed E-state index contributed by atoms with van der Waals surface area (Å²) in [6.07, 6.45) is 0. The fourth-order valence-electron chi connectivity index (χ4n) is 2.26. The van der Waals surface area contributed by atoms with Gasteiger partial charge in [-0.3, -0.25) is 0 Å². The minimum atomic E-state index is -3.63. The van der Waals surface area contributed by atoms with Crippen molar-refractivity contribution in [2.45, 2.75) is 18.4 Å². The highest BCUT2D eigenvalue weighted by Gasteiger charge is 2.24. The van der Waals surface area contributed by atoms with Crippen molar-refractivity contribution >= 4 is 22.4 Å². The molecule has 2 aromatic carbocycles. The monoisotopic (exact) mass is 370 g/mol. The van der Waals surface area contributed by atoms with Gasteiger partial charge in [-0.15, -0.1) is 12.4 Å². The minimum absolute atomic E-state index is 0. The number of ether oxygens (including phenoxy) is 1. The number of nitrogens with two attached hydrogens (primary N) is 1. The van der Waals surface area contributed by atoms with Gasteiger partial charge in [0.15, 0.2) is 0 Å². The molecule has 0 saturated carbocycles. The summed E-state index contributed by atoms with van der Waals surface area (Å²) in [5.74, 6) is 0.543. The predicted octanol–water partition coefficient (Wildman–Crippen LogP) is 2.66. The molecule has 0 saturated heterocycles. The topological polar surface area (TPSA) is 72.6 Å². The summed E-state index contributed by atoms with van der Waals surface area (Å²) in [6, 6.07) is 16.0. The van der Waals surface area contributed by atoms with Crippen molar-refractivity contribution in [1.29, 1.82) is 0 Å². The van der Waals surface area contributed by atoms with Gasteiger partial charge in [0.1, 0.15) is 5.75 Å². The first kappa shape index (κ1) is 20.4. The molecule has 0 aliphatic rings. The third-order valence-corrected chi connectivity index (χ3v) is 5.18. The molecule has 7 heteroatoms. The van der Waals surface area contributed by atoms with Gasteiger partial charge in [-0.05, 0) is 24.6 Å².